The van der Waals surface area contributed by atoms with Crippen molar-refractivity contribution in [1.29, 1.82) is 0 Å². The van der Waals surface area contributed by atoms with E-state index in [1.54, 1.807) is 20.8 Å². The number of nitrogens with zero attached hydrogens (tertiary/aromatic N) is 1. The topological polar surface area (TPSA) is 68.3 Å². The molecule has 1 atom stereocenters. The molecule has 1 aromatic carbocycles. The number of carbonyl (C=O) groups is 2. The van der Waals surface area contributed by atoms with Gasteiger partial charge in [0, 0.05) is 30.0 Å². The highest BCUT2D eigenvalue weighted by atomic mass is 16.6. The molecule has 23 heavy (non-hydrogen) atoms. The highest BCUT2D eigenvalue weighted by molar-refractivity contribution is 5.78. The van der Waals surface area contributed by atoms with Crippen LogP contribution in [0.2, 0.25) is 0 Å². The van der Waals surface area contributed by atoms with Gasteiger partial charge in [0.25, 0.3) is 0 Å². The molecule has 1 amide bonds. The van der Waals surface area contributed by atoms with Crippen molar-refractivity contribution in [2.24, 2.45) is 5.92 Å². The second-order valence-electron chi connectivity index (χ2n) is 6.48. The van der Waals surface area contributed by atoms with E-state index in [4.69, 9.17) is 4.74 Å². The van der Waals surface area contributed by atoms with E-state index in [1.807, 2.05) is 36.4 Å². The van der Waals surface area contributed by atoms with Crippen LogP contribution in [0.4, 0.5) is 4.79 Å². The van der Waals surface area contributed by atoms with Gasteiger partial charge < -0.3 is 14.8 Å². The summed E-state index contributed by atoms with van der Waals surface area (Å²) in [5.74, 6) is -0.337. The van der Waals surface area contributed by atoms with Gasteiger partial charge in [-0.3, -0.25) is 4.98 Å². The number of nitrogens with one attached hydrogen (secondary N) is 1. The number of ether oxygens (including phenoxy) is 1. The highest BCUT2D eigenvalue weighted by Crippen LogP contribution is 2.14. The lowest BCUT2D eigenvalue weighted by molar-refractivity contribution is -0.110. The van der Waals surface area contributed by atoms with E-state index in [1.165, 1.54) is 0 Å². The minimum Gasteiger partial charge on any atom is -0.444 e. The van der Waals surface area contributed by atoms with E-state index in [-0.39, 0.29) is 12.5 Å². The Bertz CT molecular complexity index is 692. The molecule has 0 aliphatic carbocycles. The molecule has 2 aromatic rings. The molecule has 1 aromatic heterocycles. The first kappa shape index (κ1) is 16.9. The van der Waals surface area contributed by atoms with Gasteiger partial charge in [0.05, 0.1) is 5.52 Å². The van der Waals surface area contributed by atoms with Gasteiger partial charge in [-0.15, -0.1) is 0 Å². The maximum absolute atomic E-state index is 11.6. The van der Waals surface area contributed by atoms with Gasteiger partial charge >= 0.3 is 6.09 Å². The van der Waals surface area contributed by atoms with E-state index in [9.17, 15) is 9.59 Å². The van der Waals surface area contributed by atoms with Gasteiger partial charge in [-0.1, -0.05) is 24.3 Å². The molecule has 0 aliphatic rings. The molecule has 0 radical (unpaired) electrons. The Kier molecular flexibility index (Phi) is 5.32. The minimum atomic E-state index is -0.555. The summed E-state index contributed by atoms with van der Waals surface area (Å²) in [6.07, 6.45) is 0.800. The van der Waals surface area contributed by atoms with E-state index in [0.717, 1.165) is 22.9 Å². The molecule has 0 unspecified atom stereocenters. The van der Waals surface area contributed by atoms with Crippen LogP contribution in [-0.2, 0) is 16.0 Å². The van der Waals surface area contributed by atoms with E-state index in [2.05, 4.69) is 10.3 Å². The van der Waals surface area contributed by atoms with Crippen LogP contribution in [0.5, 0.6) is 0 Å². The van der Waals surface area contributed by atoms with Gasteiger partial charge in [-0.2, -0.15) is 0 Å². The lowest BCUT2D eigenvalue weighted by Crippen LogP contribution is -2.36. The molecule has 0 saturated carbocycles. The van der Waals surface area contributed by atoms with Crippen LogP contribution in [-0.4, -0.2) is 29.5 Å². The number of amides is 1. The van der Waals surface area contributed by atoms with E-state index in [0.29, 0.717) is 6.42 Å². The Labute approximate surface area is 136 Å². The molecule has 0 saturated heterocycles. The fourth-order valence-corrected chi connectivity index (χ4v) is 2.19. The lowest BCUT2D eigenvalue weighted by Gasteiger charge is -2.20. The Morgan fingerprint density at radius 2 is 2.00 bits per heavy atom. The van der Waals surface area contributed by atoms with Gasteiger partial charge in [0.15, 0.2) is 0 Å². The summed E-state index contributed by atoms with van der Waals surface area (Å²) in [5, 5.41) is 3.69. The molecular weight excluding hydrogens is 292 g/mol. The van der Waals surface area contributed by atoms with Crippen LogP contribution in [0.25, 0.3) is 10.9 Å². The van der Waals surface area contributed by atoms with Gasteiger partial charge in [0.2, 0.25) is 0 Å². The monoisotopic (exact) mass is 314 g/mol. The summed E-state index contributed by atoms with van der Waals surface area (Å²) in [6.45, 7) is 5.61. The first-order chi connectivity index (χ1) is 10.9. The molecule has 0 bridgehead atoms. The van der Waals surface area contributed by atoms with Crippen LogP contribution in [0.3, 0.4) is 0 Å². The van der Waals surface area contributed by atoms with E-state index >= 15 is 0 Å². The second-order valence-corrected chi connectivity index (χ2v) is 6.48. The first-order valence-corrected chi connectivity index (χ1v) is 7.64. The molecule has 122 valence electrons. The zero-order chi connectivity index (χ0) is 16.9. The van der Waals surface area contributed by atoms with Gasteiger partial charge in [-0.25, -0.2) is 4.79 Å². The fraction of sp³-hybridized carbons (Fsp3) is 0.389. The average molecular weight is 314 g/mol. The van der Waals surface area contributed by atoms with Crippen molar-refractivity contribution < 1.29 is 14.3 Å². The largest absolute Gasteiger partial charge is 0.444 e. The Hall–Kier alpha value is -2.43. The van der Waals surface area contributed by atoms with Crippen molar-refractivity contribution in [2.75, 3.05) is 6.54 Å². The third kappa shape index (κ3) is 5.36. The number of para-hydroxylation sites is 1. The van der Waals surface area contributed by atoms with Crippen molar-refractivity contribution in [3.05, 3.63) is 42.1 Å². The number of benzene rings is 1. The normalized spacial score (nSPS) is 12.7. The number of fused-ring (bicyclic) bond motifs is 1. The zero-order valence-corrected chi connectivity index (χ0v) is 13.7. The number of aldehydes is 1. The average Bonchev–Trinajstić information content (AvgIpc) is 2.49. The number of pyridine rings is 1. The molecule has 5 nitrogen and oxygen atoms in total. The fourth-order valence-electron chi connectivity index (χ4n) is 2.19. The predicted molar refractivity (Wildman–Crippen MR) is 89.2 cm³/mol. The number of alkyl carbamates (subject to hydrolysis) is 1. The standard InChI is InChI=1S/C18H22N2O3/c1-18(2,3)23-17(22)19-11-13(12-21)10-15-9-8-14-6-4-5-7-16(14)20-15/h4-9,12-13H,10-11H2,1-3H3,(H,19,22)/t13-/m1/s1. The zero-order valence-electron chi connectivity index (χ0n) is 13.7. The van der Waals surface area contributed by atoms with E-state index < -0.39 is 11.7 Å². The van der Waals surface area contributed by atoms with Crippen molar-refractivity contribution in [3.8, 4) is 0 Å². The summed E-state index contributed by atoms with van der Waals surface area (Å²) in [7, 11) is 0. The van der Waals surface area contributed by atoms with Crippen LogP contribution >= 0.6 is 0 Å². The van der Waals surface area contributed by atoms with Crippen molar-refractivity contribution in [2.45, 2.75) is 32.8 Å². The van der Waals surface area contributed by atoms with Crippen LogP contribution in [0.1, 0.15) is 26.5 Å². The first-order valence-electron chi connectivity index (χ1n) is 7.64. The summed E-state index contributed by atoms with van der Waals surface area (Å²) in [6, 6.07) is 11.7. The number of hydrogen-bond acceptors (Lipinski definition) is 4. The summed E-state index contributed by atoms with van der Waals surface area (Å²) < 4.78 is 5.16. The maximum atomic E-state index is 11.6. The SMILES string of the molecule is CC(C)(C)OC(=O)NC[C@H](C=O)Cc1ccc2ccccc2n1. The predicted octanol–water partition coefficient (Wildman–Crippen LogP) is 3.12. The summed E-state index contributed by atoms with van der Waals surface area (Å²) in [4.78, 5) is 27.4. The van der Waals surface area contributed by atoms with Gasteiger partial charge in [0.1, 0.15) is 11.9 Å². The molecule has 2 rings (SSSR count). The molecular formula is C18H22N2O3. The summed E-state index contributed by atoms with van der Waals surface area (Å²) >= 11 is 0. The van der Waals surface area contributed by atoms with Crippen LogP contribution in [0.15, 0.2) is 36.4 Å². The van der Waals surface area contributed by atoms with Crippen molar-refractivity contribution >= 4 is 23.3 Å². The highest BCUT2D eigenvalue weighted by Gasteiger charge is 2.17. The summed E-state index contributed by atoms with van der Waals surface area (Å²) in [5.41, 5.74) is 1.17. The smallest absolute Gasteiger partial charge is 0.407 e. The molecule has 0 aliphatic heterocycles. The van der Waals surface area contributed by atoms with Crippen LogP contribution in [0, 0.1) is 5.92 Å². The second kappa shape index (κ2) is 7.22. The quantitative estimate of drug-likeness (QED) is 0.861. The van der Waals surface area contributed by atoms with Crippen molar-refractivity contribution in [1.82, 2.24) is 10.3 Å². The number of rotatable bonds is 5. The third-order valence-electron chi connectivity index (χ3n) is 3.23. The molecule has 1 N–H and O–H groups in total. The minimum absolute atomic E-state index is 0.229. The van der Waals surface area contributed by atoms with Crippen molar-refractivity contribution in [3.63, 3.8) is 0 Å². The van der Waals surface area contributed by atoms with Gasteiger partial charge in [-0.05, 0) is 32.9 Å². The Morgan fingerprint density at radius 3 is 2.70 bits per heavy atom. The number of aromatic nitrogens is 1. The van der Waals surface area contributed by atoms with Crippen LogP contribution < -0.4 is 5.32 Å². The maximum Gasteiger partial charge on any atom is 0.407 e. The Morgan fingerprint density at radius 1 is 1.26 bits per heavy atom. The third-order valence-corrected chi connectivity index (χ3v) is 3.23. The molecule has 5 heteroatoms. The molecule has 0 spiro atoms. The number of carbonyl (C=O) groups excluding carboxylic acids is 2. The Balaban J connectivity index is 1.95. The molecule has 1 heterocycles. The lowest BCUT2D eigenvalue weighted by atomic mass is 10.0. The molecule has 0 fully saturated rings. The number of hydrogen-bond donors (Lipinski definition) is 1.